The van der Waals surface area contributed by atoms with Crippen LogP contribution in [0, 0.1) is 11.8 Å². The van der Waals surface area contributed by atoms with Gasteiger partial charge < -0.3 is 5.32 Å². The molecule has 1 amide bonds. The monoisotopic (exact) mass is 212 g/mol. The fourth-order valence-corrected chi connectivity index (χ4v) is 2.01. The van der Waals surface area contributed by atoms with Gasteiger partial charge in [0.15, 0.2) is 0 Å². The molecule has 0 bridgehead atoms. The number of hydrogen-bond acceptors (Lipinski definition) is 2. The predicted molar refractivity (Wildman–Crippen MR) is 62.7 cm³/mol. The lowest BCUT2D eigenvalue weighted by Gasteiger charge is -2.30. The van der Waals surface area contributed by atoms with Gasteiger partial charge in [0.25, 0.3) is 0 Å². The first-order valence-corrected chi connectivity index (χ1v) is 6.07. The van der Waals surface area contributed by atoms with Crippen LogP contribution in [-0.4, -0.2) is 37.0 Å². The van der Waals surface area contributed by atoms with Gasteiger partial charge in [-0.3, -0.25) is 9.69 Å². The van der Waals surface area contributed by atoms with E-state index in [2.05, 4.69) is 31.0 Å². The van der Waals surface area contributed by atoms with E-state index in [1.54, 1.807) is 0 Å². The Kier molecular flexibility index (Phi) is 5.09. The number of rotatable bonds is 4. The quantitative estimate of drug-likeness (QED) is 0.766. The number of nitrogens with one attached hydrogen (secondary N) is 1. The van der Waals surface area contributed by atoms with Crippen molar-refractivity contribution >= 4 is 5.91 Å². The zero-order valence-corrected chi connectivity index (χ0v) is 10.3. The highest BCUT2D eigenvalue weighted by atomic mass is 16.2. The van der Waals surface area contributed by atoms with Gasteiger partial charge in [-0.25, -0.2) is 0 Å². The van der Waals surface area contributed by atoms with Crippen molar-refractivity contribution in [2.75, 3.05) is 26.2 Å². The Bertz CT molecular complexity index is 204. The van der Waals surface area contributed by atoms with Crippen LogP contribution in [0.1, 0.15) is 33.6 Å². The maximum Gasteiger partial charge on any atom is 0.234 e. The average Bonchev–Trinajstić information content (AvgIpc) is 2.15. The summed E-state index contributed by atoms with van der Waals surface area (Å²) in [7, 11) is 0. The molecule has 88 valence electrons. The molecule has 0 saturated carbocycles. The number of hydrogen-bond donors (Lipinski definition) is 1. The van der Waals surface area contributed by atoms with Crippen LogP contribution in [0.2, 0.25) is 0 Å². The van der Waals surface area contributed by atoms with Gasteiger partial charge in [-0.15, -0.1) is 0 Å². The van der Waals surface area contributed by atoms with Gasteiger partial charge in [0.2, 0.25) is 5.91 Å². The second-order valence-corrected chi connectivity index (χ2v) is 5.18. The summed E-state index contributed by atoms with van der Waals surface area (Å²) in [6.07, 6.45) is 2.54. The maximum absolute atomic E-state index is 11.6. The van der Waals surface area contributed by atoms with E-state index < -0.39 is 0 Å². The van der Waals surface area contributed by atoms with E-state index in [0.717, 1.165) is 25.6 Å². The van der Waals surface area contributed by atoms with Crippen LogP contribution < -0.4 is 5.32 Å². The standard InChI is InChI=1S/C12H24N2O/c1-10(2)7-13-12(15)9-14-6-4-5-11(3)8-14/h10-11H,4-9H2,1-3H3,(H,13,15). The van der Waals surface area contributed by atoms with Crippen molar-refractivity contribution in [1.29, 1.82) is 0 Å². The lowest BCUT2D eigenvalue weighted by Crippen LogP contribution is -2.42. The number of carbonyl (C=O) groups excluding carboxylic acids is 1. The minimum atomic E-state index is 0.179. The third kappa shape index (κ3) is 5.17. The smallest absolute Gasteiger partial charge is 0.234 e. The first-order chi connectivity index (χ1) is 7.08. The van der Waals surface area contributed by atoms with Gasteiger partial charge in [0.05, 0.1) is 6.54 Å². The molecule has 1 heterocycles. The molecule has 1 unspecified atom stereocenters. The Morgan fingerprint density at radius 2 is 2.27 bits per heavy atom. The number of carbonyl (C=O) groups is 1. The first-order valence-electron chi connectivity index (χ1n) is 6.07. The predicted octanol–water partition coefficient (Wildman–Crippen LogP) is 1.49. The van der Waals surface area contributed by atoms with Gasteiger partial charge in [-0.2, -0.15) is 0 Å². The summed E-state index contributed by atoms with van der Waals surface area (Å²) in [5, 5.41) is 2.96. The molecule has 3 heteroatoms. The topological polar surface area (TPSA) is 32.3 Å². The van der Waals surface area contributed by atoms with Gasteiger partial charge in [0, 0.05) is 13.1 Å². The molecule has 1 aliphatic rings. The van der Waals surface area contributed by atoms with Crippen molar-refractivity contribution in [2.45, 2.75) is 33.6 Å². The first kappa shape index (κ1) is 12.5. The summed E-state index contributed by atoms with van der Waals surface area (Å²) < 4.78 is 0. The molecule has 1 rings (SSSR count). The molecule has 3 nitrogen and oxygen atoms in total. The Balaban J connectivity index is 2.19. The van der Waals surface area contributed by atoms with Crippen molar-refractivity contribution < 1.29 is 4.79 Å². The van der Waals surface area contributed by atoms with Crippen LogP contribution in [0.15, 0.2) is 0 Å². The van der Waals surface area contributed by atoms with Gasteiger partial charge in [-0.05, 0) is 31.2 Å². The highest BCUT2D eigenvalue weighted by molar-refractivity contribution is 5.78. The van der Waals surface area contributed by atoms with Crippen molar-refractivity contribution in [2.24, 2.45) is 11.8 Å². The Hall–Kier alpha value is -0.570. The molecule has 0 aromatic carbocycles. The van der Waals surface area contributed by atoms with Crippen LogP contribution in [0.25, 0.3) is 0 Å². The molecular formula is C12H24N2O. The normalized spacial score (nSPS) is 23.1. The van der Waals surface area contributed by atoms with E-state index in [4.69, 9.17) is 0 Å². The molecule has 1 N–H and O–H groups in total. The Morgan fingerprint density at radius 1 is 1.53 bits per heavy atom. The highest BCUT2D eigenvalue weighted by Crippen LogP contribution is 2.14. The molecule has 0 aliphatic carbocycles. The highest BCUT2D eigenvalue weighted by Gasteiger charge is 2.18. The van der Waals surface area contributed by atoms with E-state index in [0.29, 0.717) is 12.5 Å². The number of likely N-dealkylation sites (tertiary alicyclic amines) is 1. The summed E-state index contributed by atoms with van der Waals surface area (Å²) >= 11 is 0. The summed E-state index contributed by atoms with van der Waals surface area (Å²) in [6, 6.07) is 0. The van der Waals surface area contributed by atoms with Crippen molar-refractivity contribution in [3.8, 4) is 0 Å². The molecule has 1 fully saturated rings. The summed E-state index contributed by atoms with van der Waals surface area (Å²) in [6.45, 7) is 10.0. The van der Waals surface area contributed by atoms with Crippen LogP contribution >= 0.6 is 0 Å². The van der Waals surface area contributed by atoms with E-state index in [1.165, 1.54) is 12.8 Å². The zero-order valence-electron chi connectivity index (χ0n) is 10.3. The summed E-state index contributed by atoms with van der Waals surface area (Å²) in [4.78, 5) is 13.8. The molecule has 1 aliphatic heterocycles. The second kappa shape index (κ2) is 6.11. The van der Waals surface area contributed by atoms with E-state index >= 15 is 0 Å². The molecular weight excluding hydrogens is 188 g/mol. The molecule has 0 aromatic heterocycles. The van der Waals surface area contributed by atoms with Crippen LogP contribution in [0.3, 0.4) is 0 Å². The Labute approximate surface area is 93.2 Å². The fourth-order valence-electron chi connectivity index (χ4n) is 2.01. The Morgan fingerprint density at radius 3 is 2.87 bits per heavy atom. The third-order valence-electron chi connectivity index (χ3n) is 2.82. The molecule has 15 heavy (non-hydrogen) atoms. The molecule has 0 spiro atoms. The van der Waals surface area contributed by atoms with Crippen molar-refractivity contribution in [3.63, 3.8) is 0 Å². The maximum atomic E-state index is 11.6. The second-order valence-electron chi connectivity index (χ2n) is 5.18. The van der Waals surface area contributed by atoms with E-state index in [1.807, 2.05) is 0 Å². The van der Waals surface area contributed by atoms with E-state index in [9.17, 15) is 4.79 Å². The van der Waals surface area contributed by atoms with Crippen LogP contribution in [-0.2, 0) is 4.79 Å². The van der Waals surface area contributed by atoms with Gasteiger partial charge in [-0.1, -0.05) is 20.8 Å². The zero-order chi connectivity index (χ0) is 11.3. The van der Waals surface area contributed by atoms with Gasteiger partial charge in [0.1, 0.15) is 0 Å². The third-order valence-corrected chi connectivity index (χ3v) is 2.82. The van der Waals surface area contributed by atoms with E-state index in [-0.39, 0.29) is 5.91 Å². The van der Waals surface area contributed by atoms with Crippen molar-refractivity contribution in [3.05, 3.63) is 0 Å². The van der Waals surface area contributed by atoms with Crippen LogP contribution in [0.4, 0.5) is 0 Å². The minimum absolute atomic E-state index is 0.179. The largest absolute Gasteiger partial charge is 0.355 e. The van der Waals surface area contributed by atoms with Gasteiger partial charge >= 0.3 is 0 Å². The minimum Gasteiger partial charge on any atom is -0.355 e. The molecule has 0 radical (unpaired) electrons. The molecule has 0 aromatic rings. The van der Waals surface area contributed by atoms with Crippen molar-refractivity contribution in [1.82, 2.24) is 10.2 Å². The number of piperidine rings is 1. The number of amides is 1. The molecule has 1 atom stereocenters. The lowest BCUT2D eigenvalue weighted by molar-refractivity contribution is -0.122. The fraction of sp³-hybridized carbons (Fsp3) is 0.917. The summed E-state index contributed by atoms with van der Waals surface area (Å²) in [5.74, 6) is 1.46. The number of nitrogens with zero attached hydrogens (tertiary/aromatic N) is 1. The van der Waals surface area contributed by atoms with Crippen LogP contribution in [0.5, 0.6) is 0 Å². The lowest BCUT2D eigenvalue weighted by atomic mass is 10.0. The summed E-state index contributed by atoms with van der Waals surface area (Å²) in [5.41, 5.74) is 0. The SMILES string of the molecule is CC(C)CNC(=O)CN1CCCC(C)C1. The molecule has 1 saturated heterocycles. The average molecular weight is 212 g/mol.